The predicted molar refractivity (Wildman–Crippen MR) is 62.8 cm³/mol. The van der Waals surface area contributed by atoms with E-state index in [9.17, 15) is 9.59 Å². The van der Waals surface area contributed by atoms with Crippen molar-refractivity contribution in [3.05, 3.63) is 6.33 Å². The zero-order valence-corrected chi connectivity index (χ0v) is 9.98. The third-order valence-corrected chi connectivity index (χ3v) is 3.40. The van der Waals surface area contributed by atoms with Crippen LogP contribution in [0.15, 0.2) is 6.33 Å². The Labute approximate surface area is 104 Å². The van der Waals surface area contributed by atoms with Gasteiger partial charge in [0.1, 0.15) is 6.33 Å². The van der Waals surface area contributed by atoms with E-state index in [1.807, 2.05) is 0 Å². The first kappa shape index (κ1) is 12.5. The average Bonchev–Trinajstić information content (AvgIpc) is 2.89. The molecule has 3 N–H and O–H groups in total. The van der Waals surface area contributed by atoms with E-state index in [0.717, 1.165) is 25.7 Å². The number of carboxylic acid groups (broad SMARTS) is 1. The maximum Gasteiger partial charge on any atom is 0.303 e. The van der Waals surface area contributed by atoms with Gasteiger partial charge in [-0.05, 0) is 18.3 Å². The number of anilines is 1. The molecule has 2 rings (SSSR count). The molecule has 0 spiro atoms. The SMILES string of the molecule is O=C(O)CC1(CC(=O)Nc2ncn[nH]2)CCCC1. The van der Waals surface area contributed by atoms with E-state index in [1.54, 1.807) is 0 Å². The zero-order chi connectivity index (χ0) is 13.0. The Hall–Kier alpha value is -1.92. The van der Waals surface area contributed by atoms with Gasteiger partial charge in [0.05, 0.1) is 6.42 Å². The van der Waals surface area contributed by atoms with Crippen LogP contribution >= 0.6 is 0 Å². The lowest BCUT2D eigenvalue weighted by Crippen LogP contribution is -2.28. The van der Waals surface area contributed by atoms with Gasteiger partial charge in [-0.15, -0.1) is 0 Å². The van der Waals surface area contributed by atoms with Crippen molar-refractivity contribution in [1.29, 1.82) is 0 Å². The van der Waals surface area contributed by atoms with Gasteiger partial charge < -0.3 is 5.11 Å². The maximum atomic E-state index is 11.9. The Morgan fingerprint density at radius 3 is 2.67 bits per heavy atom. The monoisotopic (exact) mass is 252 g/mol. The van der Waals surface area contributed by atoms with Crippen LogP contribution in [0.2, 0.25) is 0 Å². The lowest BCUT2D eigenvalue weighted by molar-refractivity contribution is -0.140. The van der Waals surface area contributed by atoms with Crippen LogP contribution in [0.4, 0.5) is 5.95 Å². The number of carbonyl (C=O) groups excluding carboxylic acids is 1. The van der Waals surface area contributed by atoms with Crippen LogP contribution in [0.1, 0.15) is 38.5 Å². The number of hydrogen-bond acceptors (Lipinski definition) is 4. The number of carboxylic acids is 1. The van der Waals surface area contributed by atoms with Gasteiger partial charge in [-0.25, -0.2) is 5.10 Å². The molecule has 0 aromatic carbocycles. The van der Waals surface area contributed by atoms with Gasteiger partial charge in [-0.1, -0.05) is 12.8 Å². The van der Waals surface area contributed by atoms with Crippen molar-refractivity contribution in [2.24, 2.45) is 5.41 Å². The van der Waals surface area contributed by atoms with E-state index in [1.165, 1.54) is 6.33 Å². The van der Waals surface area contributed by atoms with Crippen LogP contribution in [-0.4, -0.2) is 32.2 Å². The summed E-state index contributed by atoms with van der Waals surface area (Å²) in [6.45, 7) is 0. The molecular formula is C11H16N4O3. The Balaban J connectivity index is 1.96. The van der Waals surface area contributed by atoms with Crippen molar-refractivity contribution < 1.29 is 14.7 Å². The molecule has 18 heavy (non-hydrogen) atoms. The fourth-order valence-corrected chi connectivity index (χ4v) is 2.64. The molecule has 1 aliphatic rings. The summed E-state index contributed by atoms with van der Waals surface area (Å²) in [6.07, 6.45) is 5.15. The molecule has 1 amide bonds. The van der Waals surface area contributed by atoms with Crippen LogP contribution in [0.5, 0.6) is 0 Å². The van der Waals surface area contributed by atoms with E-state index in [-0.39, 0.29) is 18.7 Å². The summed E-state index contributed by atoms with van der Waals surface area (Å²) in [6, 6.07) is 0. The van der Waals surface area contributed by atoms with E-state index in [0.29, 0.717) is 5.95 Å². The van der Waals surface area contributed by atoms with E-state index in [2.05, 4.69) is 20.5 Å². The Kier molecular flexibility index (Phi) is 3.59. The Bertz CT molecular complexity index is 424. The van der Waals surface area contributed by atoms with Gasteiger partial charge in [-0.3, -0.25) is 14.9 Å². The van der Waals surface area contributed by atoms with Gasteiger partial charge in [0.25, 0.3) is 0 Å². The molecule has 1 saturated carbocycles. The van der Waals surface area contributed by atoms with Gasteiger partial charge in [-0.2, -0.15) is 10.1 Å². The number of rotatable bonds is 5. The first-order valence-electron chi connectivity index (χ1n) is 5.97. The molecule has 0 aliphatic heterocycles. The minimum Gasteiger partial charge on any atom is -0.481 e. The standard InChI is InChI=1S/C11H16N4O3/c16-8(14-10-12-7-13-15-10)5-11(6-9(17)18)3-1-2-4-11/h7H,1-6H2,(H,17,18)(H2,12,13,14,15,16). The summed E-state index contributed by atoms with van der Waals surface area (Å²) in [5, 5.41) is 17.7. The van der Waals surface area contributed by atoms with Crippen LogP contribution in [0.3, 0.4) is 0 Å². The minimum atomic E-state index is -0.843. The van der Waals surface area contributed by atoms with Crippen molar-refractivity contribution in [2.45, 2.75) is 38.5 Å². The maximum absolute atomic E-state index is 11.9. The van der Waals surface area contributed by atoms with Crippen LogP contribution < -0.4 is 5.32 Å². The lowest BCUT2D eigenvalue weighted by Gasteiger charge is -2.25. The Morgan fingerprint density at radius 2 is 2.11 bits per heavy atom. The third kappa shape index (κ3) is 3.06. The normalized spacial score (nSPS) is 17.6. The second kappa shape index (κ2) is 5.16. The van der Waals surface area contributed by atoms with Gasteiger partial charge in [0.2, 0.25) is 11.9 Å². The highest BCUT2D eigenvalue weighted by molar-refractivity contribution is 5.89. The molecule has 1 aliphatic carbocycles. The second-order valence-electron chi connectivity index (χ2n) is 4.84. The quantitative estimate of drug-likeness (QED) is 0.729. The van der Waals surface area contributed by atoms with Crippen molar-refractivity contribution in [1.82, 2.24) is 15.2 Å². The molecule has 1 aromatic rings. The summed E-state index contributed by atoms with van der Waals surface area (Å²) in [4.78, 5) is 26.6. The van der Waals surface area contributed by atoms with Gasteiger partial charge >= 0.3 is 5.97 Å². The number of amides is 1. The first-order chi connectivity index (χ1) is 8.60. The molecule has 1 heterocycles. The molecule has 0 atom stereocenters. The summed E-state index contributed by atoms with van der Waals surface area (Å²) >= 11 is 0. The predicted octanol–water partition coefficient (Wildman–Crippen LogP) is 1.17. The van der Waals surface area contributed by atoms with Gasteiger partial charge in [0, 0.05) is 6.42 Å². The number of aromatic nitrogens is 3. The molecule has 0 radical (unpaired) electrons. The van der Waals surface area contributed by atoms with Crippen LogP contribution in [-0.2, 0) is 9.59 Å². The fraction of sp³-hybridized carbons (Fsp3) is 0.636. The first-order valence-corrected chi connectivity index (χ1v) is 5.97. The highest BCUT2D eigenvalue weighted by Gasteiger charge is 2.38. The molecule has 0 unspecified atom stereocenters. The number of hydrogen-bond donors (Lipinski definition) is 3. The number of H-pyrrole nitrogens is 1. The number of nitrogens with zero attached hydrogens (tertiary/aromatic N) is 2. The zero-order valence-electron chi connectivity index (χ0n) is 9.98. The molecular weight excluding hydrogens is 236 g/mol. The van der Waals surface area contributed by atoms with Crippen molar-refractivity contribution in [3.8, 4) is 0 Å². The highest BCUT2D eigenvalue weighted by Crippen LogP contribution is 2.44. The van der Waals surface area contributed by atoms with Crippen LogP contribution in [0, 0.1) is 5.41 Å². The topological polar surface area (TPSA) is 108 Å². The Morgan fingerprint density at radius 1 is 1.39 bits per heavy atom. The summed E-state index contributed by atoms with van der Waals surface area (Å²) in [5.41, 5.74) is -0.393. The van der Waals surface area contributed by atoms with Crippen molar-refractivity contribution >= 4 is 17.8 Å². The largest absolute Gasteiger partial charge is 0.481 e. The molecule has 0 bridgehead atoms. The number of aliphatic carboxylic acids is 1. The fourth-order valence-electron chi connectivity index (χ4n) is 2.64. The molecule has 1 aromatic heterocycles. The van der Waals surface area contributed by atoms with E-state index >= 15 is 0 Å². The summed E-state index contributed by atoms with van der Waals surface area (Å²) in [5.74, 6) is -0.761. The van der Waals surface area contributed by atoms with Crippen LogP contribution in [0.25, 0.3) is 0 Å². The number of aromatic amines is 1. The molecule has 7 nitrogen and oxygen atoms in total. The smallest absolute Gasteiger partial charge is 0.303 e. The minimum absolute atomic E-state index is 0.0524. The van der Waals surface area contributed by atoms with Crippen molar-refractivity contribution in [3.63, 3.8) is 0 Å². The average molecular weight is 252 g/mol. The lowest BCUT2D eigenvalue weighted by atomic mass is 9.79. The molecule has 7 heteroatoms. The highest BCUT2D eigenvalue weighted by atomic mass is 16.4. The molecule has 1 fully saturated rings. The summed E-state index contributed by atoms with van der Waals surface area (Å²) in [7, 11) is 0. The molecule has 0 saturated heterocycles. The van der Waals surface area contributed by atoms with Gasteiger partial charge in [0.15, 0.2) is 0 Å². The molecule has 98 valence electrons. The van der Waals surface area contributed by atoms with E-state index in [4.69, 9.17) is 5.11 Å². The van der Waals surface area contributed by atoms with Crippen molar-refractivity contribution in [2.75, 3.05) is 5.32 Å². The van der Waals surface area contributed by atoms with E-state index < -0.39 is 11.4 Å². The third-order valence-electron chi connectivity index (χ3n) is 3.40. The second-order valence-corrected chi connectivity index (χ2v) is 4.84. The number of carbonyl (C=O) groups is 2. The number of nitrogens with one attached hydrogen (secondary N) is 2. The summed E-state index contributed by atoms with van der Waals surface area (Å²) < 4.78 is 0.